The number of carbonyl (C=O) groups is 2. The highest BCUT2D eigenvalue weighted by atomic mass is 35.5. The van der Waals surface area contributed by atoms with E-state index in [1.807, 2.05) is 19.9 Å². The summed E-state index contributed by atoms with van der Waals surface area (Å²) in [5.74, 6) is -0.895. The first kappa shape index (κ1) is 23.7. The summed E-state index contributed by atoms with van der Waals surface area (Å²) in [7, 11) is 0. The third-order valence-electron chi connectivity index (χ3n) is 4.79. The average molecular weight is 473 g/mol. The SMILES string of the molecule is Cc1cc(C)n(C(C)C(=O)Nc2ccc(NC(=O)Cn3cc([N+](=O)[O-])ccc3=O)cc2Cl)n1. The van der Waals surface area contributed by atoms with E-state index in [-0.39, 0.29) is 16.6 Å². The molecule has 0 fully saturated rings. The third kappa shape index (κ3) is 5.63. The van der Waals surface area contributed by atoms with Crippen LogP contribution in [0.15, 0.2) is 47.4 Å². The molecule has 3 aromatic rings. The Morgan fingerprint density at radius 3 is 2.52 bits per heavy atom. The number of pyridine rings is 1. The van der Waals surface area contributed by atoms with Gasteiger partial charge in [-0.25, -0.2) is 0 Å². The molecule has 3 rings (SSSR count). The molecule has 12 heteroatoms. The number of amides is 2. The van der Waals surface area contributed by atoms with Crippen molar-refractivity contribution < 1.29 is 14.5 Å². The summed E-state index contributed by atoms with van der Waals surface area (Å²) in [5, 5.41) is 20.7. The Morgan fingerprint density at radius 2 is 1.91 bits per heavy atom. The largest absolute Gasteiger partial charge is 0.324 e. The van der Waals surface area contributed by atoms with E-state index in [1.54, 1.807) is 11.6 Å². The molecule has 2 amide bonds. The zero-order chi connectivity index (χ0) is 24.3. The van der Waals surface area contributed by atoms with Crippen LogP contribution in [-0.4, -0.2) is 31.1 Å². The minimum atomic E-state index is -0.656. The first-order chi connectivity index (χ1) is 15.5. The van der Waals surface area contributed by atoms with Gasteiger partial charge in [0.15, 0.2) is 0 Å². The van der Waals surface area contributed by atoms with Gasteiger partial charge in [0, 0.05) is 23.5 Å². The van der Waals surface area contributed by atoms with Gasteiger partial charge in [0.1, 0.15) is 12.6 Å². The Balaban J connectivity index is 1.67. The summed E-state index contributed by atoms with van der Waals surface area (Å²) in [4.78, 5) is 47.0. The fraction of sp³-hybridized carbons (Fsp3) is 0.238. The molecule has 0 spiro atoms. The van der Waals surface area contributed by atoms with Crippen molar-refractivity contribution >= 4 is 40.5 Å². The first-order valence-corrected chi connectivity index (χ1v) is 10.2. The van der Waals surface area contributed by atoms with Gasteiger partial charge < -0.3 is 10.6 Å². The highest BCUT2D eigenvalue weighted by molar-refractivity contribution is 6.34. The minimum absolute atomic E-state index is 0.189. The van der Waals surface area contributed by atoms with Gasteiger partial charge in [-0.2, -0.15) is 5.10 Å². The smallest absolute Gasteiger partial charge is 0.285 e. The number of nitrogens with zero attached hydrogens (tertiary/aromatic N) is 4. The molecule has 0 aliphatic rings. The number of hydrogen-bond donors (Lipinski definition) is 2. The van der Waals surface area contributed by atoms with Crippen molar-refractivity contribution in [2.24, 2.45) is 0 Å². The predicted molar refractivity (Wildman–Crippen MR) is 122 cm³/mol. The second-order valence-corrected chi connectivity index (χ2v) is 7.80. The standard InChI is InChI=1S/C21H21ClN6O5/c1-12-8-13(2)27(25-12)14(3)21(31)24-18-6-4-15(9-17(18)22)23-19(29)11-26-10-16(28(32)33)5-7-20(26)30/h4-10,14H,11H2,1-3H3,(H,23,29)(H,24,31). The molecule has 0 aliphatic carbocycles. The molecule has 2 N–H and O–H groups in total. The van der Waals surface area contributed by atoms with Crippen LogP contribution >= 0.6 is 11.6 Å². The number of halogens is 1. The zero-order valence-corrected chi connectivity index (χ0v) is 18.8. The van der Waals surface area contributed by atoms with Gasteiger partial charge in [0.05, 0.1) is 27.5 Å². The molecule has 172 valence electrons. The van der Waals surface area contributed by atoms with Gasteiger partial charge >= 0.3 is 0 Å². The van der Waals surface area contributed by atoms with E-state index in [2.05, 4.69) is 15.7 Å². The van der Waals surface area contributed by atoms with Gasteiger partial charge in [-0.1, -0.05) is 11.6 Å². The van der Waals surface area contributed by atoms with Crippen LogP contribution in [0.3, 0.4) is 0 Å². The molecule has 33 heavy (non-hydrogen) atoms. The highest BCUT2D eigenvalue weighted by Crippen LogP contribution is 2.26. The maximum Gasteiger partial charge on any atom is 0.285 e. The highest BCUT2D eigenvalue weighted by Gasteiger charge is 2.19. The van der Waals surface area contributed by atoms with Crippen molar-refractivity contribution in [2.45, 2.75) is 33.4 Å². The Labute approximate surface area is 193 Å². The number of benzene rings is 1. The second-order valence-electron chi connectivity index (χ2n) is 7.39. The summed E-state index contributed by atoms with van der Waals surface area (Å²) in [6, 6.07) is 7.90. The molecular weight excluding hydrogens is 452 g/mol. The molecule has 0 radical (unpaired) electrons. The molecule has 2 aromatic heterocycles. The second kappa shape index (κ2) is 9.65. The number of nitro groups is 1. The van der Waals surface area contributed by atoms with Crippen molar-refractivity contribution in [1.29, 1.82) is 0 Å². The Hall–Kier alpha value is -3.99. The summed E-state index contributed by atoms with van der Waals surface area (Å²) in [6.45, 7) is 4.99. The average Bonchev–Trinajstić information content (AvgIpc) is 3.08. The normalized spacial score (nSPS) is 11.6. The van der Waals surface area contributed by atoms with Crippen molar-refractivity contribution in [3.05, 3.63) is 79.5 Å². The van der Waals surface area contributed by atoms with E-state index in [0.29, 0.717) is 11.4 Å². The predicted octanol–water partition coefficient (Wildman–Crippen LogP) is 3.06. The topological polar surface area (TPSA) is 141 Å². The summed E-state index contributed by atoms with van der Waals surface area (Å²) in [6.07, 6.45) is 0.998. The number of aromatic nitrogens is 3. The molecule has 11 nitrogen and oxygen atoms in total. The van der Waals surface area contributed by atoms with Crippen LogP contribution in [0.5, 0.6) is 0 Å². The Bertz CT molecular complexity index is 1300. The Morgan fingerprint density at radius 1 is 1.18 bits per heavy atom. The van der Waals surface area contributed by atoms with Gasteiger partial charge in [-0.05, 0) is 45.0 Å². The summed E-state index contributed by atoms with van der Waals surface area (Å²) < 4.78 is 2.55. The number of rotatable bonds is 7. The lowest BCUT2D eigenvalue weighted by molar-refractivity contribution is -0.385. The van der Waals surface area contributed by atoms with Crippen LogP contribution in [0.25, 0.3) is 0 Å². The molecule has 1 aromatic carbocycles. The van der Waals surface area contributed by atoms with Crippen molar-refractivity contribution in [3.63, 3.8) is 0 Å². The lowest BCUT2D eigenvalue weighted by Gasteiger charge is -2.16. The van der Waals surface area contributed by atoms with Crippen LogP contribution < -0.4 is 16.2 Å². The summed E-state index contributed by atoms with van der Waals surface area (Å²) >= 11 is 6.27. The number of hydrogen-bond acceptors (Lipinski definition) is 6. The van der Waals surface area contributed by atoms with E-state index in [4.69, 9.17) is 11.6 Å². The molecule has 0 saturated carbocycles. The number of carbonyl (C=O) groups excluding carboxylic acids is 2. The van der Waals surface area contributed by atoms with E-state index >= 15 is 0 Å². The summed E-state index contributed by atoms with van der Waals surface area (Å²) in [5.41, 5.74) is 1.47. The first-order valence-electron chi connectivity index (χ1n) is 9.83. The molecular formula is C21H21ClN6O5. The lowest BCUT2D eigenvalue weighted by Crippen LogP contribution is -2.27. The molecule has 0 saturated heterocycles. The van der Waals surface area contributed by atoms with Crippen LogP contribution in [-0.2, 0) is 16.1 Å². The Kier molecular flexibility index (Phi) is 6.92. The maximum atomic E-state index is 12.6. The minimum Gasteiger partial charge on any atom is -0.324 e. The number of nitrogens with one attached hydrogen (secondary N) is 2. The molecule has 1 unspecified atom stereocenters. The van der Waals surface area contributed by atoms with Crippen molar-refractivity contribution in [3.8, 4) is 0 Å². The number of aryl methyl sites for hydroxylation is 2. The van der Waals surface area contributed by atoms with E-state index in [1.165, 1.54) is 18.2 Å². The van der Waals surface area contributed by atoms with Gasteiger partial charge in [-0.3, -0.25) is 33.7 Å². The van der Waals surface area contributed by atoms with Gasteiger partial charge in [-0.15, -0.1) is 0 Å². The van der Waals surface area contributed by atoms with E-state index in [9.17, 15) is 24.5 Å². The van der Waals surface area contributed by atoms with Crippen LogP contribution in [0.1, 0.15) is 24.4 Å². The van der Waals surface area contributed by atoms with Crippen LogP contribution in [0.2, 0.25) is 5.02 Å². The molecule has 1 atom stereocenters. The fourth-order valence-electron chi connectivity index (χ4n) is 3.19. The molecule has 0 bridgehead atoms. The van der Waals surface area contributed by atoms with Gasteiger partial charge in [0.25, 0.3) is 11.2 Å². The lowest BCUT2D eigenvalue weighted by atomic mass is 10.2. The quantitative estimate of drug-likeness (QED) is 0.400. The number of anilines is 2. The fourth-order valence-corrected chi connectivity index (χ4v) is 3.41. The maximum absolute atomic E-state index is 12.6. The zero-order valence-electron chi connectivity index (χ0n) is 18.0. The third-order valence-corrected chi connectivity index (χ3v) is 5.11. The van der Waals surface area contributed by atoms with Crippen molar-refractivity contribution in [1.82, 2.24) is 14.3 Å². The van der Waals surface area contributed by atoms with E-state index < -0.39 is 29.0 Å². The van der Waals surface area contributed by atoms with E-state index in [0.717, 1.165) is 34.3 Å². The molecule has 2 heterocycles. The van der Waals surface area contributed by atoms with Gasteiger partial charge in [0.2, 0.25) is 11.8 Å². The van der Waals surface area contributed by atoms with Crippen molar-refractivity contribution in [2.75, 3.05) is 10.6 Å². The molecule has 0 aliphatic heterocycles. The monoisotopic (exact) mass is 472 g/mol. The van der Waals surface area contributed by atoms with Crippen LogP contribution in [0.4, 0.5) is 17.1 Å². The van der Waals surface area contributed by atoms with Crippen LogP contribution in [0, 0.1) is 24.0 Å².